The maximum absolute atomic E-state index is 12.0. The van der Waals surface area contributed by atoms with Crippen molar-refractivity contribution in [3.05, 3.63) is 65.6 Å². The molecule has 0 saturated carbocycles. The Morgan fingerprint density at radius 2 is 2.10 bits per heavy atom. The van der Waals surface area contributed by atoms with E-state index in [1.165, 1.54) is 0 Å². The van der Waals surface area contributed by atoms with E-state index in [0.717, 1.165) is 22.2 Å². The van der Waals surface area contributed by atoms with E-state index in [1.807, 2.05) is 37.3 Å². The first kappa shape index (κ1) is 11.2. The minimum Gasteiger partial charge on any atom is -0.444 e. The van der Waals surface area contributed by atoms with Gasteiger partial charge in [-0.1, -0.05) is 18.2 Å². The van der Waals surface area contributed by atoms with Crippen LogP contribution in [0.2, 0.25) is 0 Å². The summed E-state index contributed by atoms with van der Waals surface area (Å²) < 4.78 is 5.64. The van der Waals surface area contributed by atoms with Crippen LogP contribution < -0.4 is 0 Å². The largest absolute Gasteiger partial charge is 0.444 e. The van der Waals surface area contributed by atoms with Gasteiger partial charge in [0.05, 0.1) is 11.3 Å². The van der Waals surface area contributed by atoms with Crippen LogP contribution in [0.15, 0.2) is 48.8 Å². The molecule has 0 bridgehead atoms. The number of hydrogen-bond acceptors (Lipinski definition) is 3. The number of nitrogens with one attached hydrogen (secondary N) is 1. The second-order valence-corrected chi connectivity index (χ2v) is 5.11. The highest BCUT2D eigenvalue weighted by molar-refractivity contribution is 5.95. The second kappa shape index (κ2) is 3.70. The number of ether oxygens (including phenoxy) is 1. The van der Waals surface area contributed by atoms with Gasteiger partial charge in [-0.05, 0) is 25.1 Å². The first-order chi connectivity index (χ1) is 9.68. The van der Waals surface area contributed by atoms with Crippen molar-refractivity contribution in [2.24, 2.45) is 0 Å². The lowest BCUT2D eigenvalue weighted by atomic mass is 9.91. The number of fused-ring (bicyclic) bond motifs is 2. The van der Waals surface area contributed by atoms with Gasteiger partial charge in [-0.2, -0.15) is 0 Å². The number of aromatic amines is 1. The molecule has 1 atom stereocenters. The lowest BCUT2D eigenvalue weighted by Gasteiger charge is -2.22. The Balaban J connectivity index is 1.95. The molecule has 0 radical (unpaired) electrons. The van der Waals surface area contributed by atoms with Crippen molar-refractivity contribution in [1.82, 2.24) is 9.97 Å². The Labute approximate surface area is 115 Å². The standard InChI is InChI=1S/C16H12N2O2/c1-16(12-5-3-2-4-11(12)15(19)20-16)14-8-10-9-17-7-6-13(10)18-14/h2-9,18H,1H3. The number of hydrogen-bond donors (Lipinski definition) is 1. The number of carbonyl (C=O) groups excluding carboxylic acids is 1. The van der Waals surface area contributed by atoms with Gasteiger partial charge >= 0.3 is 5.97 Å². The molecule has 4 heteroatoms. The van der Waals surface area contributed by atoms with E-state index in [2.05, 4.69) is 9.97 Å². The van der Waals surface area contributed by atoms with E-state index in [0.29, 0.717) is 5.56 Å². The van der Waals surface area contributed by atoms with Gasteiger partial charge in [-0.3, -0.25) is 4.98 Å². The zero-order valence-corrected chi connectivity index (χ0v) is 10.9. The number of rotatable bonds is 1. The fourth-order valence-corrected chi connectivity index (χ4v) is 2.80. The average Bonchev–Trinajstić information content (AvgIpc) is 3.01. The average molecular weight is 264 g/mol. The SMILES string of the molecule is CC1(c2cc3cnccc3[nH]2)OC(=O)c2ccccc21. The summed E-state index contributed by atoms with van der Waals surface area (Å²) in [5.74, 6) is -0.278. The molecule has 1 unspecified atom stereocenters. The highest BCUT2D eigenvalue weighted by atomic mass is 16.6. The lowest BCUT2D eigenvalue weighted by molar-refractivity contribution is 0.0168. The zero-order chi connectivity index (χ0) is 13.7. The highest BCUT2D eigenvalue weighted by Crippen LogP contribution is 2.41. The Morgan fingerprint density at radius 1 is 1.25 bits per heavy atom. The number of benzene rings is 1. The Morgan fingerprint density at radius 3 is 2.95 bits per heavy atom. The molecule has 3 aromatic rings. The molecule has 4 nitrogen and oxygen atoms in total. The van der Waals surface area contributed by atoms with Gasteiger partial charge in [-0.15, -0.1) is 0 Å². The van der Waals surface area contributed by atoms with E-state index in [4.69, 9.17) is 4.74 Å². The summed E-state index contributed by atoms with van der Waals surface area (Å²) in [4.78, 5) is 19.5. The number of H-pyrrole nitrogens is 1. The number of pyridine rings is 1. The third-order valence-corrected chi connectivity index (χ3v) is 3.89. The molecule has 1 N–H and O–H groups in total. The van der Waals surface area contributed by atoms with Crippen LogP contribution in [0.25, 0.3) is 10.9 Å². The van der Waals surface area contributed by atoms with Gasteiger partial charge in [0.1, 0.15) is 0 Å². The Bertz CT molecular complexity index is 804. The third kappa shape index (κ3) is 1.36. The van der Waals surface area contributed by atoms with Gasteiger partial charge in [0.15, 0.2) is 5.60 Å². The predicted molar refractivity (Wildman–Crippen MR) is 74.4 cm³/mol. The van der Waals surface area contributed by atoms with E-state index in [-0.39, 0.29) is 5.97 Å². The molecule has 0 aliphatic carbocycles. The Hall–Kier alpha value is -2.62. The molecule has 2 aromatic heterocycles. The van der Waals surface area contributed by atoms with Crippen molar-refractivity contribution < 1.29 is 9.53 Å². The van der Waals surface area contributed by atoms with Crippen LogP contribution in [-0.2, 0) is 10.3 Å². The first-order valence-corrected chi connectivity index (χ1v) is 6.44. The summed E-state index contributed by atoms with van der Waals surface area (Å²) in [5.41, 5.74) is 2.60. The molecule has 0 fully saturated rings. The molecular weight excluding hydrogens is 252 g/mol. The number of esters is 1. The van der Waals surface area contributed by atoms with Gasteiger partial charge in [0.25, 0.3) is 0 Å². The summed E-state index contributed by atoms with van der Waals surface area (Å²) in [7, 11) is 0. The highest BCUT2D eigenvalue weighted by Gasteiger charge is 2.43. The molecule has 0 spiro atoms. The normalized spacial score (nSPS) is 20.9. The van der Waals surface area contributed by atoms with Crippen LogP contribution in [-0.4, -0.2) is 15.9 Å². The summed E-state index contributed by atoms with van der Waals surface area (Å²) in [6, 6.07) is 11.4. The number of carbonyl (C=O) groups is 1. The van der Waals surface area contributed by atoms with Gasteiger partial charge in [0, 0.05) is 28.9 Å². The Kier molecular flexibility index (Phi) is 2.07. The van der Waals surface area contributed by atoms with Crippen molar-refractivity contribution in [2.45, 2.75) is 12.5 Å². The van der Waals surface area contributed by atoms with Crippen molar-refractivity contribution in [3.8, 4) is 0 Å². The van der Waals surface area contributed by atoms with E-state index < -0.39 is 5.60 Å². The predicted octanol–water partition coefficient (Wildman–Crippen LogP) is 3.00. The fourth-order valence-electron chi connectivity index (χ4n) is 2.80. The van der Waals surface area contributed by atoms with Crippen LogP contribution in [0.1, 0.15) is 28.5 Å². The van der Waals surface area contributed by atoms with Crippen LogP contribution in [0.3, 0.4) is 0 Å². The van der Waals surface area contributed by atoms with Crippen molar-refractivity contribution in [1.29, 1.82) is 0 Å². The summed E-state index contributed by atoms with van der Waals surface area (Å²) in [5, 5.41) is 1.00. The smallest absolute Gasteiger partial charge is 0.339 e. The van der Waals surface area contributed by atoms with E-state index in [9.17, 15) is 4.79 Å². The molecule has 20 heavy (non-hydrogen) atoms. The monoisotopic (exact) mass is 264 g/mol. The maximum Gasteiger partial charge on any atom is 0.339 e. The lowest BCUT2D eigenvalue weighted by Crippen LogP contribution is -2.23. The minimum absolute atomic E-state index is 0.278. The summed E-state index contributed by atoms with van der Waals surface area (Å²) in [6.07, 6.45) is 3.53. The topological polar surface area (TPSA) is 55.0 Å². The molecule has 1 aromatic carbocycles. The van der Waals surface area contributed by atoms with Crippen molar-refractivity contribution in [2.75, 3.05) is 0 Å². The molecule has 1 aliphatic heterocycles. The van der Waals surface area contributed by atoms with Crippen molar-refractivity contribution >= 4 is 16.9 Å². The van der Waals surface area contributed by atoms with Crippen LogP contribution >= 0.6 is 0 Å². The van der Waals surface area contributed by atoms with Crippen LogP contribution in [0.4, 0.5) is 0 Å². The van der Waals surface area contributed by atoms with Crippen molar-refractivity contribution in [3.63, 3.8) is 0 Å². The van der Waals surface area contributed by atoms with E-state index >= 15 is 0 Å². The quantitative estimate of drug-likeness (QED) is 0.687. The minimum atomic E-state index is -0.771. The van der Waals surface area contributed by atoms with Gasteiger partial charge < -0.3 is 9.72 Å². The fraction of sp³-hybridized carbons (Fsp3) is 0.125. The van der Waals surface area contributed by atoms with Crippen LogP contribution in [0.5, 0.6) is 0 Å². The number of cyclic esters (lactones) is 1. The molecule has 4 rings (SSSR count). The molecule has 3 heterocycles. The van der Waals surface area contributed by atoms with Gasteiger partial charge in [-0.25, -0.2) is 4.79 Å². The zero-order valence-electron chi connectivity index (χ0n) is 10.9. The first-order valence-electron chi connectivity index (χ1n) is 6.44. The molecule has 98 valence electrons. The summed E-state index contributed by atoms with van der Waals surface area (Å²) >= 11 is 0. The number of aromatic nitrogens is 2. The van der Waals surface area contributed by atoms with Gasteiger partial charge in [0.2, 0.25) is 0 Å². The molecule has 0 saturated heterocycles. The summed E-state index contributed by atoms with van der Waals surface area (Å²) in [6.45, 7) is 1.91. The maximum atomic E-state index is 12.0. The number of nitrogens with zero attached hydrogens (tertiary/aromatic N) is 1. The molecular formula is C16H12N2O2. The second-order valence-electron chi connectivity index (χ2n) is 5.11. The molecule has 0 amide bonds. The van der Waals surface area contributed by atoms with E-state index in [1.54, 1.807) is 18.5 Å². The third-order valence-electron chi connectivity index (χ3n) is 3.89. The molecule has 1 aliphatic rings. The van der Waals surface area contributed by atoms with Crippen LogP contribution in [0, 0.1) is 0 Å².